The molecule has 0 radical (unpaired) electrons. The van der Waals surface area contributed by atoms with Gasteiger partial charge in [0, 0.05) is 21.1 Å². The lowest BCUT2D eigenvalue weighted by Gasteiger charge is -2.09. The van der Waals surface area contributed by atoms with Gasteiger partial charge in [-0.1, -0.05) is 47.6 Å². The van der Waals surface area contributed by atoms with E-state index in [1.54, 1.807) is 6.33 Å². The van der Waals surface area contributed by atoms with E-state index in [1.165, 1.54) is 0 Å². The third-order valence-electron chi connectivity index (χ3n) is 3.30. The molecule has 0 fully saturated rings. The first kappa shape index (κ1) is 16.7. The summed E-state index contributed by atoms with van der Waals surface area (Å²) in [5, 5.41) is 4.36. The Balaban J connectivity index is 1.94. The second-order valence-electron chi connectivity index (χ2n) is 6.59. The lowest BCUT2D eigenvalue weighted by atomic mass is 10.2. The highest BCUT2D eigenvalue weighted by Crippen LogP contribution is 2.26. The summed E-state index contributed by atoms with van der Waals surface area (Å²) in [6, 6.07) is 14.1. The van der Waals surface area contributed by atoms with E-state index in [0.29, 0.717) is 0 Å². The molecule has 120 valence electrons. The number of anilines is 2. The van der Waals surface area contributed by atoms with Crippen molar-refractivity contribution in [3.63, 3.8) is 0 Å². The highest BCUT2D eigenvalue weighted by molar-refractivity contribution is 9.10. The second-order valence-corrected chi connectivity index (χ2v) is 12.3. The van der Waals surface area contributed by atoms with E-state index in [1.807, 2.05) is 36.4 Å². The van der Waals surface area contributed by atoms with Crippen LogP contribution in [0.2, 0.25) is 19.6 Å². The number of aromatic nitrogens is 2. The molecule has 0 unspecified atom stereocenters. The molecular formula is C19H18BrN3Si. The monoisotopic (exact) mass is 395 g/mol. The van der Waals surface area contributed by atoms with Crippen LogP contribution in [-0.4, -0.2) is 18.0 Å². The molecule has 0 aliphatic heterocycles. The Morgan fingerprint density at radius 1 is 1.04 bits per heavy atom. The first-order valence-electron chi connectivity index (χ1n) is 7.71. The molecule has 0 spiro atoms. The maximum Gasteiger partial charge on any atom is 0.141 e. The number of hydrogen-bond acceptors (Lipinski definition) is 3. The van der Waals surface area contributed by atoms with E-state index in [4.69, 9.17) is 0 Å². The van der Waals surface area contributed by atoms with Gasteiger partial charge in [-0.3, -0.25) is 0 Å². The highest BCUT2D eigenvalue weighted by atomic mass is 79.9. The fourth-order valence-electron chi connectivity index (χ4n) is 2.20. The van der Waals surface area contributed by atoms with Crippen LogP contribution in [0, 0.1) is 11.5 Å². The van der Waals surface area contributed by atoms with Crippen molar-refractivity contribution < 1.29 is 0 Å². The molecule has 1 aromatic heterocycles. The molecule has 0 saturated heterocycles. The number of fused-ring (bicyclic) bond motifs is 1. The van der Waals surface area contributed by atoms with Gasteiger partial charge < -0.3 is 5.32 Å². The van der Waals surface area contributed by atoms with Gasteiger partial charge >= 0.3 is 0 Å². The van der Waals surface area contributed by atoms with E-state index in [2.05, 4.69) is 68.4 Å². The van der Waals surface area contributed by atoms with Crippen LogP contribution in [-0.2, 0) is 0 Å². The molecule has 24 heavy (non-hydrogen) atoms. The predicted octanol–water partition coefficient (Wildman–Crippen LogP) is 5.36. The van der Waals surface area contributed by atoms with Gasteiger partial charge in [-0.2, -0.15) is 0 Å². The third kappa shape index (κ3) is 4.22. The summed E-state index contributed by atoms with van der Waals surface area (Å²) in [5.41, 5.74) is 6.29. The zero-order chi connectivity index (χ0) is 17.2. The van der Waals surface area contributed by atoms with E-state index in [9.17, 15) is 0 Å². The molecule has 0 bridgehead atoms. The van der Waals surface area contributed by atoms with Crippen LogP contribution in [0.4, 0.5) is 11.5 Å². The molecule has 5 heteroatoms. The van der Waals surface area contributed by atoms with Crippen LogP contribution < -0.4 is 5.32 Å². The number of hydrogen-bond donors (Lipinski definition) is 1. The Morgan fingerprint density at radius 3 is 2.67 bits per heavy atom. The Kier molecular flexibility index (Phi) is 4.70. The quantitative estimate of drug-likeness (QED) is 0.468. The Bertz CT molecular complexity index is 952. The zero-order valence-electron chi connectivity index (χ0n) is 13.9. The molecule has 1 N–H and O–H groups in total. The van der Waals surface area contributed by atoms with Crippen molar-refractivity contribution >= 4 is 46.4 Å². The minimum atomic E-state index is -1.38. The van der Waals surface area contributed by atoms with Crippen molar-refractivity contribution in [3.05, 3.63) is 58.8 Å². The second kappa shape index (κ2) is 6.76. The van der Waals surface area contributed by atoms with E-state index in [-0.39, 0.29) is 0 Å². The summed E-state index contributed by atoms with van der Waals surface area (Å²) in [5.74, 6) is 4.08. The number of nitrogens with one attached hydrogen (secondary N) is 1. The average Bonchev–Trinajstić information content (AvgIpc) is 2.53. The molecule has 3 rings (SSSR count). The summed E-state index contributed by atoms with van der Waals surface area (Å²) < 4.78 is 1.00. The molecule has 0 saturated carbocycles. The van der Waals surface area contributed by atoms with Gasteiger partial charge in [0.1, 0.15) is 20.2 Å². The van der Waals surface area contributed by atoms with Gasteiger partial charge in [-0.15, -0.1) is 5.54 Å². The topological polar surface area (TPSA) is 37.8 Å². The smallest absolute Gasteiger partial charge is 0.141 e. The minimum absolute atomic E-state index is 0.789. The normalized spacial score (nSPS) is 11.0. The summed E-state index contributed by atoms with van der Waals surface area (Å²) in [7, 11) is -1.38. The summed E-state index contributed by atoms with van der Waals surface area (Å²) >= 11 is 3.50. The van der Waals surface area contributed by atoms with Crippen LogP contribution in [0.1, 0.15) is 5.56 Å². The standard InChI is InChI=1S/C19H18BrN3Si/c1-24(2,3)10-9-14-5-4-6-16(11-14)23-19-17-12-15(20)7-8-18(17)21-13-22-19/h4-8,11-13H,1-3H3,(H,21,22,23). The van der Waals surface area contributed by atoms with Crippen molar-refractivity contribution in [2.45, 2.75) is 19.6 Å². The largest absolute Gasteiger partial charge is 0.340 e. The first-order valence-corrected chi connectivity index (χ1v) is 12.0. The number of benzene rings is 2. The van der Waals surface area contributed by atoms with Crippen LogP contribution >= 0.6 is 15.9 Å². The molecule has 0 amide bonds. The Labute approximate surface area is 151 Å². The lowest BCUT2D eigenvalue weighted by Crippen LogP contribution is -2.16. The maximum absolute atomic E-state index is 4.39. The molecule has 3 nitrogen and oxygen atoms in total. The van der Waals surface area contributed by atoms with Crippen molar-refractivity contribution in [2.75, 3.05) is 5.32 Å². The van der Waals surface area contributed by atoms with E-state index < -0.39 is 8.07 Å². The van der Waals surface area contributed by atoms with Crippen molar-refractivity contribution in [1.82, 2.24) is 9.97 Å². The van der Waals surface area contributed by atoms with E-state index in [0.717, 1.165) is 32.4 Å². The SMILES string of the molecule is C[Si](C)(C)C#Cc1cccc(Nc2ncnc3ccc(Br)cc23)c1. The molecule has 0 aliphatic carbocycles. The highest BCUT2D eigenvalue weighted by Gasteiger charge is 2.08. The average molecular weight is 396 g/mol. The molecular weight excluding hydrogens is 378 g/mol. The van der Waals surface area contributed by atoms with Gasteiger partial charge in [-0.05, 0) is 36.4 Å². The van der Waals surface area contributed by atoms with Crippen LogP contribution in [0.25, 0.3) is 10.9 Å². The van der Waals surface area contributed by atoms with Crippen molar-refractivity contribution in [1.29, 1.82) is 0 Å². The van der Waals surface area contributed by atoms with Gasteiger partial charge in [0.15, 0.2) is 0 Å². The number of rotatable bonds is 2. The third-order valence-corrected chi connectivity index (χ3v) is 4.67. The summed E-state index contributed by atoms with van der Waals surface area (Å²) in [6.07, 6.45) is 1.58. The zero-order valence-corrected chi connectivity index (χ0v) is 16.5. The molecule has 3 aromatic rings. The lowest BCUT2D eigenvalue weighted by molar-refractivity contribution is 1.22. The van der Waals surface area contributed by atoms with Crippen molar-refractivity contribution in [3.8, 4) is 11.5 Å². The first-order chi connectivity index (χ1) is 11.4. The van der Waals surface area contributed by atoms with Gasteiger partial charge in [0.2, 0.25) is 0 Å². The van der Waals surface area contributed by atoms with Gasteiger partial charge in [0.25, 0.3) is 0 Å². The maximum atomic E-state index is 4.39. The summed E-state index contributed by atoms with van der Waals surface area (Å²) in [6.45, 7) is 6.73. The molecule has 0 aliphatic rings. The van der Waals surface area contributed by atoms with E-state index >= 15 is 0 Å². The molecule has 1 heterocycles. The summed E-state index contributed by atoms with van der Waals surface area (Å²) in [4.78, 5) is 8.69. The molecule has 0 atom stereocenters. The minimum Gasteiger partial charge on any atom is -0.340 e. The number of nitrogens with zero attached hydrogens (tertiary/aromatic N) is 2. The van der Waals surface area contributed by atoms with Gasteiger partial charge in [-0.25, -0.2) is 9.97 Å². The van der Waals surface area contributed by atoms with Crippen LogP contribution in [0.15, 0.2) is 53.3 Å². The fraction of sp³-hybridized carbons (Fsp3) is 0.158. The molecule has 2 aromatic carbocycles. The van der Waals surface area contributed by atoms with Crippen LogP contribution in [0.3, 0.4) is 0 Å². The predicted molar refractivity (Wildman–Crippen MR) is 107 cm³/mol. The van der Waals surface area contributed by atoms with Crippen LogP contribution in [0.5, 0.6) is 0 Å². The fourth-order valence-corrected chi connectivity index (χ4v) is 3.08. The Morgan fingerprint density at radius 2 is 1.88 bits per heavy atom. The Hall–Kier alpha value is -2.16. The number of halogens is 1. The van der Waals surface area contributed by atoms with Crippen molar-refractivity contribution in [2.24, 2.45) is 0 Å². The van der Waals surface area contributed by atoms with Gasteiger partial charge in [0.05, 0.1) is 5.52 Å².